The fourth-order valence-electron chi connectivity index (χ4n) is 2.19. The average molecular weight is 357 g/mol. The first-order chi connectivity index (χ1) is 11.4. The highest BCUT2D eigenvalue weighted by Gasteiger charge is 2.28. The molecule has 0 bridgehead atoms. The van der Waals surface area contributed by atoms with Crippen molar-refractivity contribution in [2.75, 3.05) is 40.0 Å². The molecule has 0 aromatic heterocycles. The zero-order chi connectivity index (χ0) is 17.7. The summed E-state index contributed by atoms with van der Waals surface area (Å²) in [6, 6.07) is 3.95. The quantitative estimate of drug-likeness (QED) is 0.682. The molecule has 8 nitrogen and oxygen atoms in total. The number of benzene rings is 1. The van der Waals surface area contributed by atoms with Crippen molar-refractivity contribution in [3.05, 3.63) is 23.8 Å². The Bertz CT molecular complexity index is 723. The largest absolute Gasteiger partial charge is 0.496 e. The molecule has 9 heteroatoms. The van der Waals surface area contributed by atoms with Gasteiger partial charge in [-0.2, -0.15) is 4.31 Å². The molecular weight excluding hydrogens is 338 g/mol. The lowest BCUT2D eigenvalue weighted by Crippen LogP contribution is -2.40. The summed E-state index contributed by atoms with van der Waals surface area (Å²) in [5, 5.41) is 0. The second-order valence-corrected chi connectivity index (χ2v) is 7.09. The summed E-state index contributed by atoms with van der Waals surface area (Å²) in [6.07, 6.45) is 0. The Morgan fingerprint density at radius 3 is 2.50 bits per heavy atom. The van der Waals surface area contributed by atoms with Gasteiger partial charge in [0, 0.05) is 13.1 Å². The number of sulfonamides is 1. The van der Waals surface area contributed by atoms with Crippen LogP contribution in [0, 0.1) is 0 Å². The first-order valence-electron chi connectivity index (χ1n) is 7.28. The number of rotatable bonds is 6. The van der Waals surface area contributed by atoms with Crippen LogP contribution in [0.1, 0.15) is 17.3 Å². The highest BCUT2D eigenvalue weighted by molar-refractivity contribution is 7.89. The zero-order valence-electron chi connectivity index (χ0n) is 13.5. The Labute approximate surface area is 140 Å². The topological polar surface area (TPSA) is 99.2 Å². The number of nitrogens with zero attached hydrogens (tertiary/aromatic N) is 1. The predicted molar refractivity (Wildman–Crippen MR) is 83.5 cm³/mol. The van der Waals surface area contributed by atoms with Crippen molar-refractivity contribution in [3.63, 3.8) is 0 Å². The predicted octanol–water partition coefficient (Wildman–Crippen LogP) is 0.462. The molecule has 1 heterocycles. The first kappa shape index (κ1) is 18.4. The van der Waals surface area contributed by atoms with Crippen molar-refractivity contribution < 1.29 is 32.2 Å². The number of ether oxygens (including phenoxy) is 3. The third-order valence-corrected chi connectivity index (χ3v) is 5.30. The molecular formula is C15H19NO7S. The van der Waals surface area contributed by atoms with E-state index in [0.29, 0.717) is 13.2 Å². The van der Waals surface area contributed by atoms with Gasteiger partial charge in [-0.05, 0) is 25.1 Å². The molecule has 1 fully saturated rings. The minimum atomic E-state index is -3.75. The monoisotopic (exact) mass is 357 g/mol. The zero-order valence-corrected chi connectivity index (χ0v) is 14.3. The number of methoxy groups -OCH3 is 1. The van der Waals surface area contributed by atoms with Gasteiger partial charge in [-0.1, -0.05) is 0 Å². The van der Waals surface area contributed by atoms with E-state index in [1.165, 1.54) is 36.5 Å². The molecule has 0 radical (unpaired) electrons. The summed E-state index contributed by atoms with van der Waals surface area (Å²) < 4.78 is 41.7. The van der Waals surface area contributed by atoms with Gasteiger partial charge in [-0.15, -0.1) is 0 Å². The maximum Gasteiger partial charge on any atom is 0.342 e. The average Bonchev–Trinajstić information content (AvgIpc) is 2.59. The second kappa shape index (κ2) is 7.73. The molecule has 1 aromatic rings. The molecule has 2 rings (SSSR count). The lowest BCUT2D eigenvalue weighted by Gasteiger charge is -2.26. The van der Waals surface area contributed by atoms with Crippen molar-refractivity contribution in [2.45, 2.75) is 11.8 Å². The van der Waals surface area contributed by atoms with Gasteiger partial charge >= 0.3 is 5.97 Å². The molecule has 0 aliphatic carbocycles. The van der Waals surface area contributed by atoms with Crippen LogP contribution in [0.25, 0.3) is 0 Å². The molecule has 1 saturated heterocycles. The van der Waals surface area contributed by atoms with Gasteiger partial charge in [0.25, 0.3) is 0 Å². The Hall–Kier alpha value is -1.97. The van der Waals surface area contributed by atoms with Crippen molar-refractivity contribution in [1.29, 1.82) is 0 Å². The molecule has 132 valence electrons. The molecule has 0 amide bonds. The Morgan fingerprint density at radius 2 is 1.92 bits per heavy atom. The second-order valence-electron chi connectivity index (χ2n) is 5.16. The van der Waals surface area contributed by atoms with Crippen LogP contribution in [0.3, 0.4) is 0 Å². The molecule has 0 atom stereocenters. The van der Waals surface area contributed by atoms with Crippen LogP contribution in [0.15, 0.2) is 23.1 Å². The van der Waals surface area contributed by atoms with Gasteiger partial charge < -0.3 is 14.2 Å². The summed E-state index contributed by atoms with van der Waals surface area (Å²) in [6.45, 7) is 2.04. The number of Topliss-reactive ketones (excluding diaryl/α,β-unsaturated/α-hetero) is 1. The number of carbonyl (C=O) groups is 2. The minimum absolute atomic E-state index is 0.0417. The van der Waals surface area contributed by atoms with E-state index in [9.17, 15) is 18.0 Å². The van der Waals surface area contributed by atoms with Crippen LogP contribution in [-0.2, 0) is 24.3 Å². The molecule has 1 aliphatic heterocycles. The van der Waals surface area contributed by atoms with Gasteiger partial charge in [-0.25, -0.2) is 13.2 Å². The minimum Gasteiger partial charge on any atom is -0.496 e. The van der Waals surface area contributed by atoms with Gasteiger partial charge in [0.05, 0.1) is 25.2 Å². The van der Waals surface area contributed by atoms with Crippen LogP contribution < -0.4 is 4.74 Å². The highest BCUT2D eigenvalue weighted by Crippen LogP contribution is 2.25. The van der Waals surface area contributed by atoms with Crippen molar-refractivity contribution in [2.24, 2.45) is 0 Å². The number of morpholine rings is 1. The number of hydrogen-bond acceptors (Lipinski definition) is 7. The normalized spacial score (nSPS) is 15.8. The van der Waals surface area contributed by atoms with E-state index in [1.54, 1.807) is 0 Å². The fourth-order valence-corrected chi connectivity index (χ4v) is 3.62. The molecule has 24 heavy (non-hydrogen) atoms. The van der Waals surface area contributed by atoms with Crippen molar-refractivity contribution in [1.82, 2.24) is 4.31 Å². The molecule has 1 aromatic carbocycles. The van der Waals surface area contributed by atoms with Gasteiger partial charge in [0.1, 0.15) is 17.9 Å². The van der Waals surface area contributed by atoms with Gasteiger partial charge in [0.15, 0.2) is 5.78 Å². The van der Waals surface area contributed by atoms with E-state index in [0.717, 1.165) is 0 Å². The van der Waals surface area contributed by atoms with E-state index < -0.39 is 16.0 Å². The van der Waals surface area contributed by atoms with E-state index in [1.807, 2.05) is 0 Å². The Balaban J connectivity index is 2.33. The number of hydrogen-bond donors (Lipinski definition) is 0. The first-order valence-corrected chi connectivity index (χ1v) is 8.72. The Morgan fingerprint density at radius 1 is 1.25 bits per heavy atom. The van der Waals surface area contributed by atoms with Crippen molar-refractivity contribution >= 4 is 21.8 Å². The SMILES string of the molecule is COc1ccc(S(=O)(=O)N2CCOCC2)cc1C(=O)OCC(C)=O. The number of carbonyl (C=O) groups excluding carboxylic acids is 2. The summed E-state index contributed by atoms with van der Waals surface area (Å²) in [5.74, 6) is -0.968. The van der Waals surface area contributed by atoms with Crippen LogP contribution >= 0.6 is 0 Å². The van der Waals surface area contributed by atoms with Gasteiger partial charge in [-0.3, -0.25) is 4.79 Å². The maximum atomic E-state index is 12.7. The van der Waals surface area contributed by atoms with E-state index in [2.05, 4.69) is 0 Å². The van der Waals surface area contributed by atoms with Crippen LogP contribution in [0.2, 0.25) is 0 Å². The standard InChI is InChI=1S/C15H19NO7S/c1-11(17)10-23-15(18)13-9-12(3-4-14(13)21-2)24(19,20)16-5-7-22-8-6-16/h3-4,9H,5-8,10H2,1-2H3. The van der Waals surface area contributed by atoms with Crippen LogP contribution in [0.4, 0.5) is 0 Å². The molecule has 0 saturated carbocycles. The lowest BCUT2D eigenvalue weighted by atomic mass is 10.2. The molecule has 0 unspecified atom stereocenters. The number of ketones is 1. The van der Waals surface area contributed by atoms with Crippen LogP contribution in [0.5, 0.6) is 5.75 Å². The van der Waals surface area contributed by atoms with E-state index in [4.69, 9.17) is 14.2 Å². The van der Waals surface area contributed by atoms with Gasteiger partial charge in [0.2, 0.25) is 10.0 Å². The molecule has 0 N–H and O–H groups in total. The highest BCUT2D eigenvalue weighted by atomic mass is 32.2. The van der Waals surface area contributed by atoms with E-state index >= 15 is 0 Å². The third-order valence-electron chi connectivity index (χ3n) is 3.41. The molecule has 0 spiro atoms. The Kier molecular flexibility index (Phi) is 5.92. The van der Waals surface area contributed by atoms with Crippen LogP contribution in [-0.4, -0.2) is 64.5 Å². The summed E-state index contributed by atoms with van der Waals surface area (Å²) >= 11 is 0. The smallest absolute Gasteiger partial charge is 0.342 e. The summed E-state index contributed by atoms with van der Waals surface area (Å²) in [5.41, 5.74) is -0.0481. The fraction of sp³-hybridized carbons (Fsp3) is 0.467. The van der Waals surface area contributed by atoms with Crippen molar-refractivity contribution in [3.8, 4) is 5.75 Å². The maximum absolute atomic E-state index is 12.7. The number of esters is 1. The molecule has 1 aliphatic rings. The summed E-state index contributed by atoms with van der Waals surface area (Å²) in [4.78, 5) is 23.0. The summed E-state index contributed by atoms with van der Waals surface area (Å²) in [7, 11) is -2.40. The van der Waals surface area contributed by atoms with E-state index in [-0.39, 0.29) is 41.7 Å². The third kappa shape index (κ3) is 4.11. The lowest BCUT2D eigenvalue weighted by molar-refractivity contribution is -0.120.